The number of fused-ring (bicyclic) bond motifs is 1. The zero-order valence-corrected chi connectivity index (χ0v) is 10.5. The second kappa shape index (κ2) is 5.00. The molecule has 1 unspecified atom stereocenters. The molecule has 2 heterocycles. The van der Waals surface area contributed by atoms with Crippen molar-refractivity contribution in [2.45, 2.75) is 57.4 Å². The van der Waals surface area contributed by atoms with Crippen LogP contribution in [-0.4, -0.2) is 48.3 Å². The van der Waals surface area contributed by atoms with Crippen LogP contribution in [-0.2, 0) is 18.9 Å². The maximum absolute atomic E-state index is 9.69. The van der Waals surface area contributed by atoms with Gasteiger partial charge in [-0.2, -0.15) is 0 Å². The average molecular weight is 259 g/mol. The van der Waals surface area contributed by atoms with Crippen molar-refractivity contribution >= 4 is 0 Å². The Morgan fingerprint density at radius 1 is 1.50 bits per heavy atom. The van der Waals surface area contributed by atoms with E-state index in [0.29, 0.717) is 6.61 Å². The first-order valence-electron chi connectivity index (χ1n) is 5.83. The fourth-order valence-electron chi connectivity index (χ4n) is 2.24. The fourth-order valence-corrected chi connectivity index (χ4v) is 2.24. The van der Waals surface area contributed by atoms with Gasteiger partial charge in [-0.15, -0.1) is 0 Å². The maximum atomic E-state index is 9.69. The first kappa shape index (κ1) is 13.5. The van der Waals surface area contributed by atoms with Crippen molar-refractivity contribution in [3.63, 3.8) is 0 Å². The molecule has 0 spiro atoms. The Bertz CT molecular complexity index is 357. The lowest BCUT2D eigenvalue weighted by Crippen LogP contribution is -2.41. The smallest absolute Gasteiger partial charge is 0.190 e. The molecular weight excluding hydrogens is 242 g/mol. The Balaban J connectivity index is 2.13. The highest BCUT2D eigenvalue weighted by molar-refractivity contribution is 4.96. The fraction of sp³-hybridized carbons (Fsp3) is 1.00. The van der Waals surface area contributed by atoms with Gasteiger partial charge < -0.3 is 24.1 Å². The molecule has 2 fully saturated rings. The third-order valence-corrected chi connectivity index (χ3v) is 2.85. The molecule has 18 heavy (non-hydrogen) atoms. The van der Waals surface area contributed by atoms with E-state index in [1.54, 1.807) is 13.8 Å². The Labute approximate surface area is 104 Å². The minimum atomic E-state index is -1.33. The molecule has 5 atom stereocenters. The minimum Gasteiger partial charge on any atom is -0.384 e. The number of rotatable bonds is 4. The highest BCUT2D eigenvalue weighted by Gasteiger charge is 2.56. The molecule has 2 aliphatic rings. The highest BCUT2D eigenvalue weighted by atomic mass is 16.8. The summed E-state index contributed by atoms with van der Waals surface area (Å²) in [6.07, 6.45) is -3.69. The number of ether oxygens (including phenoxy) is 4. The van der Waals surface area contributed by atoms with E-state index < -0.39 is 36.6 Å². The van der Waals surface area contributed by atoms with Gasteiger partial charge in [-0.05, 0) is 26.3 Å². The maximum Gasteiger partial charge on any atom is 0.190 e. The number of aliphatic hydroxyl groups excluding tert-OH is 1. The van der Waals surface area contributed by atoms with Gasteiger partial charge in [-0.1, -0.05) is 5.11 Å². The van der Waals surface area contributed by atoms with Gasteiger partial charge in [0.1, 0.15) is 18.3 Å². The van der Waals surface area contributed by atoms with Crippen LogP contribution in [0.1, 0.15) is 20.8 Å². The number of hydrogen-bond donors (Lipinski definition) is 1. The third-order valence-electron chi connectivity index (χ3n) is 2.85. The second-order valence-corrected chi connectivity index (χ2v) is 4.61. The summed E-state index contributed by atoms with van der Waals surface area (Å²) >= 11 is 0. The molecule has 8 nitrogen and oxygen atoms in total. The van der Waals surface area contributed by atoms with Crippen LogP contribution in [0.3, 0.4) is 0 Å². The Morgan fingerprint density at radius 2 is 2.22 bits per heavy atom. The normalized spacial score (nSPS) is 39.1. The summed E-state index contributed by atoms with van der Waals surface area (Å²) in [4.78, 5) is 2.56. The molecule has 0 aromatic heterocycles. The van der Waals surface area contributed by atoms with E-state index in [1.807, 2.05) is 6.92 Å². The summed E-state index contributed by atoms with van der Waals surface area (Å²) in [5, 5.41) is 12.9. The monoisotopic (exact) mass is 259 g/mol. The van der Waals surface area contributed by atoms with E-state index in [0.717, 1.165) is 0 Å². The van der Waals surface area contributed by atoms with Gasteiger partial charge >= 0.3 is 0 Å². The van der Waals surface area contributed by atoms with Crippen molar-refractivity contribution < 1.29 is 24.1 Å². The molecule has 8 heteroatoms. The predicted octanol–water partition coefficient (Wildman–Crippen LogP) is 0.897. The highest BCUT2D eigenvalue weighted by Crippen LogP contribution is 2.39. The standard InChI is InChI=1S/C10H17N3O5/c1-4-15-5-6(8(14)12-13-11)16-9-7(5)17-10(2,3)18-9/h5-9,14H,4H2,1-3H3/t5-,6-,7+,8?,9+/m0/s1. The largest absolute Gasteiger partial charge is 0.384 e. The van der Waals surface area contributed by atoms with E-state index in [1.165, 1.54) is 0 Å². The summed E-state index contributed by atoms with van der Waals surface area (Å²) in [7, 11) is 0. The molecule has 0 radical (unpaired) electrons. The van der Waals surface area contributed by atoms with E-state index in [-0.39, 0.29) is 0 Å². The zero-order valence-electron chi connectivity index (χ0n) is 10.5. The number of hydrogen-bond acceptors (Lipinski definition) is 6. The molecule has 0 aromatic carbocycles. The molecule has 0 amide bonds. The second-order valence-electron chi connectivity index (χ2n) is 4.61. The van der Waals surface area contributed by atoms with Gasteiger partial charge in [0, 0.05) is 11.5 Å². The summed E-state index contributed by atoms with van der Waals surface area (Å²) in [6.45, 7) is 5.80. The van der Waals surface area contributed by atoms with Crippen molar-refractivity contribution in [3.8, 4) is 0 Å². The SMILES string of the molecule is CCO[C@@H]1[C@H]2OC(C)(C)O[C@H]2O[C@@H]1C(O)N=[N+]=[N-]. The molecule has 0 aliphatic carbocycles. The number of nitrogens with zero attached hydrogens (tertiary/aromatic N) is 3. The van der Waals surface area contributed by atoms with Crippen molar-refractivity contribution in [2.75, 3.05) is 6.61 Å². The quantitative estimate of drug-likeness (QED) is 0.458. The van der Waals surface area contributed by atoms with Gasteiger partial charge in [0.25, 0.3) is 0 Å². The van der Waals surface area contributed by atoms with E-state index >= 15 is 0 Å². The lowest BCUT2D eigenvalue weighted by Gasteiger charge is -2.26. The van der Waals surface area contributed by atoms with Gasteiger partial charge in [-0.3, -0.25) is 0 Å². The summed E-state index contributed by atoms with van der Waals surface area (Å²) < 4.78 is 22.2. The van der Waals surface area contributed by atoms with Crippen LogP contribution >= 0.6 is 0 Å². The van der Waals surface area contributed by atoms with E-state index in [4.69, 9.17) is 24.5 Å². The van der Waals surface area contributed by atoms with Gasteiger partial charge in [0.2, 0.25) is 0 Å². The van der Waals surface area contributed by atoms with Crippen LogP contribution in [0.25, 0.3) is 10.4 Å². The third kappa shape index (κ3) is 2.44. The van der Waals surface area contributed by atoms with Gasteiger partial charge in [0.15, 0.2) is 18.3 Å². The number of azide groups is 1. The van der Waals surface area contributed by atoms with Crippen LogP contribution < -0.4 is 0 Å². The lowest BCUT2D eigenvalue weighted by atomic mass is 10.1. The summed E-state index contributed by atoms with van der Waals surface area (Å²) in [5.74, 6) is -0.751. The summed E-state index contributed by atoms with van der Waals surface area (Å²) in [6, 6.07) is 0. The molecule has 1 N–H and O–H groups in total. The molecule has 0 saturated carbocycles. The minimum absolute atomic E-state index is 0.431. The predicted molar refractivity (Wildman–Crippen MR) is 59.3 cm³/mol. The van der Waals surface area contributed by atoms with E-state index in [2.05, 4.69) is 10.0 Å². The molecule has 2 rings (SSSR count). The Morgan fingerprint density at radius 3 is 2.83 bits per heavy atom. The molecule has 102 valence electrons. The van der Waals surface area contributed by atoms with Crippen molar-refractivity contribution in [1.82, 2.24) is 0 Å². The Kier molecular flexibility index (Phi) is 3.76. The molecule has 2 aliphatic heterocycles. The van der Waals surface area contributed by atoms with Crippen LogP contribution in [0.15, 0.2) is 5.11 Å². The van der Waals surface area contributed by atoms with Gasteiger partial charge in [0.05, 0.1) is 0 Å². The van der Waals surface area contributed by atoms with Crippen LogP contribution in [0.2, 0.25) is 0 Å². The van der Waals surface area contributed by atoms with Crippen LogP contribution in [0.4, 0.5) is 0 Å². The molecule has 0 bridgehead atoms. The van der Waals surface area contributed by atoms with Crippen molar-refractivity contribution in [2.24, 2.45) is 5.11 Å². The molecule has 0 aromatic rings. The zero-order chi connectivity index (χ0) is 13.3. The lowest BCUT2D eigenvalue weighted by molar-refractivity contribution is -0.228. The first-order chi connectivity index (χ1) is 8.48. The van der Waals surface area contributed by atoms with Crippen LogP contribution in [0, 0.1) is 0 Å². The average Bonchev–Trinajstić information content (AvgIpc) is 2.73. The topological polar surface area (TPSA) is 106 Å². The Hall–Kier alpha value is -0.890. The van der Waals surface area contributed by atoms with Crippen molar-refractivity contribution in [3.05, 3.63) is 10.4 Å². The first-order valence-corrected chi connectivity index (χ1v) is 5.83. The van der Waals surface area contributed by atoms with Gasteiger partial charge in [-0.25, -0.2) is 0 Å². The van der Waals surface area contributed by atoms with Crippen molar-refractivity contribution in [1.29, 1.82) is 0 Å². The molecular formula is C10H17N3O5. The molecule has 2 saturated heterocycles. The van der Waals surface area contributed by atoms with Crippen LogP contribution in [0.5, 0.6) is 0 Å². The number of aliphatic hydroxyl groups is 1. The summed E-state index contributed by atoms with van der Waals surface area (Å²) in [5.41, 5.74) is 8.34. The van der Waals surface area contributed by atoms with E-state index in [9.17, 15) is 5.11 Å².